The van der Waals surface area contributed by atoms with Crippen molar-refractivity contribution in [3.05, 3.63) is 59.4 Å². The molecule has 1 atom stereocenters. The lowest BCUT2D eigenvalue weighted by molar-refractivity contribution is 0.0955. The molecule has 1 heterocycles. The predicted molar refractivity (Wildman–Crippen MR) is 93.7 cm³/mol. The van der Waals surface area contributed by atoms with E-state index in [9.17, 15) is 17.6 Å². The summed E-state index contributed by atoms with van der Waals surface area (Å²) in [4.78, 5) is 12.0. The molecule has 0 saturated heterocycles. The maximum atomic E-state index is 13.1. The number of hydrogen-bond donors (Lipinski definition) is 1. The summed E-state index contributed by atoms with van der Waals surface area (Å²) < 4.78 is 40.4. The molecular weight excluding hydrogens is 343 g/mol. The quantitative estimate of drug-likeness (QED) is 0.909. The van der Waals surface area contributed by atoms with Crippen molar-refractivity contribution < 1.29 is 17.6 Å². The molecule has 1 amide bonds. The Labute approximate surface area is 146 Å². The van der Waals surface area contributed by atoms with Gasteiger partial charge in [0.1, 0.15) is 5.82 Å². The van der Waals surface area contributed by atoms with E-state index in [1.54, 1.807) is 18.2 Å². The van der Waals surface area contributed by atoms with E-state index in [2.05, 4.69) is 5.32 Å². The second-order valence-electron chi connectivity index (χ2n) is 6.01. The minimum absolute atomic E-state index is 0.0430. The molecular formula is C18H19FN2O3S. The summed E-state index contributed by atoms with van der Waals surface area (Å²) in [5.74, 6) is -0.668. The van der Waals surface area contributed by atoms with Crippen LogP contribution in [0.2, 0.25) is 0 Å². The van der Waals surface area contributed by atoms with Crippen molar-refractivity contribution >= 4 is 21.6 Å². The maximum Gasteiger partial charge on any atom is 0.264 e. The fourth-order valence-electron chi connectivity index (χ4n) is 3.09. The van der Waals surface area contributed by atoms with Crippen LogP contribution in [0.1, 0.15) is 29.8 Å². The fraction of sp³-hybridized carbons (Fsp3) is 0.278. The van der Waals surface area contributed by atoms with E-state index < -0.39 is 15.8 Å². The summed E-state index contributed by atoms with van der Waals surface area (Å²) in [6, 6.07) is 9.52. The molecule has 25 heavy (non-hydrogen) atoms. The number of nitrogens with zero attached hydrogens (tertiary/aromatic N) is 1. The van der Waals surface area contributed by atoms with Crippen LogP contribution in [0.4, 0.5) is 10.1 Å². The number of halogens is 1. The van der Waals surface area contributed by atoms with Crippen LogP contribution < -0.4 is 9.62 Å². The van der Waals surface area contributed by atoms with Crippen LogP contribution >= 0.6 is 0 Å². The smallest absolute Gasteiger partial charge is 0.264 e. The van der Waals surface area contributed by atoms with Gasteiger partial charge in [-0.15, -0.1) is 0 Å². The summed E-state index contributed by atoms with van der Waals surface area (Å²) in [5.41, 5.74) is 1.88. The average molecular weight is 362 g/mol. The molecule has 7 heteroatoms. The van der Waals surface area contributed by atoms with Gasteiger partial charge in [-0.05, 0) is 68.3 Å². The number of hydrogen-bond acceptors (Lipinski definition) is 3. The van der Waals surface area contributed by atoms with Crippen molar-refractivity contribution in [2.24, 2.45) is 0 Å². The number of sulfonamides is 1. The molecule has 0 bridgehead atoms. The highest BCUT2D eigenvalue weighted by Crippen LogP contribution is 2.37. The van der Waals surface area contributed by atoms with Gasteiger partial charge >= 0.3 is 0 Å². The molecule has 5 nitrogen and oxygen atoms in total. The van der Waals surface area contributed by atoms with Gasteiger partial charge in [0.25, 0.3) is 15.9 Å². The molecule has 1 N–H and O–H groups in total. The second kappa shape index (κ2) is 6.48. The van der Waals surface area contributed by atoms with Gasteiger partial charge in [-0.1, -0.05) is 0 Å². The van der Waals surface area contributed by atoms with Gasteiger partial charge in [0.05, 0.1) is 10.6 Å². The summed E-state index contributed by atoms with van der Waals surface area (Å²) in [6.07, 6.45) is 0.517. The Morgan fingerprint density at radius 1 is 1.24 bits per heavy atom. The molecule has 0 fully saturated rings. The Hall–Kier alpha value is -2.41. The van der Waals surface area contributed by atoms with Crippen molar-refractivity contribution in [3.8, 4) is 0 Å². The second-order valence-corrected chi connectivity index (χ2v) is 7.83. The molecule has 0 aliphatic carbocycles. The van der Waals surface area contributed by atoms with E-state index in [1.165, 1.54) is 16.4 Å². The van der Waals surface area contributed by atoms with Crippen LogP contribution in [0.5, 0.6) is 0 Å². The molecule has 2 aromatic rings. The number of carbonyl (C=O) groups excluding carboxylic acids is 1. The summed E-state index contributed by atoms with van der Waals surface area (Å²) >= 11 is 0. The number of nitrogens with one attached hydrogen (secondary N) is 1. The van der Waals surface area contributed by atoms with Crippen molar-refractivity contribution in [1.82, 2.24) is 5.32 Å². The summed E-state index contributed by atoms with van der Waals surface area (Å²) in [5, 5.41) is 2.73. The van der Waals surface area contributed by atoms with Gasteiger partial charge in [-0.2, -0.15) is 0 Å². The van der Waals surface area contributed by atoms with Crippen molar-refractivity contribution in [2.75, 3.05) is 10.8 Å². The topological polar surface area (TPSA) is 66.5 Å². The predicted octanol–water partition coefficient (Wildman–Crippen LogP) is 2.72. The first-order valence-electron chi connectivity index (χ1n) is 8.05. The first-order valence-corrected chi connectivity index (χ1v) is 9.49. The minimum atomic E-state index is -3.80. The molecule has 1 aliphatic heterocycles. The zero-order chi connectivity index (χ0) is 18.2. The summed E-state index contributed by atoms with van der Waals surface area (Å²) in [6.45, 7) is 4.18. The monoisotopic (exact) mass is 362 g/mol. The van der Waals surface area contributed by atoms with E-state index in [4.69, 9.17) is 0 Å². The minimum Gasteiger partial charge on any atom is -0.352 e. The first-order chi connectivity index (χ1) is 11.8. The molecule has 132 valence electrons. The van der Waals surface area contributed by atoms with E-state index in [-0.39, 0.29) is 16.8 Å². The third-order valence-corrected chi connectivity index (χ3v) is 6.14. The molecule has 2 aromatic carbocycles. The lowest BCUT2D eigenvalue weighted by Gasteiger charge is -2.24. The molecule has 0 radical (unpaired) electrons. The van der Waals surface area contributed by atoms with Gasteiger partial charge in [0.2, 0.25) is 0 Å². The van der Waals surface area contributed by atoms with Gasteiger partial charge in [-0.25, -0.2) is 12.8 Å². The molecule has 0 aromatic heterocycles. The summed E-state index contributed by atoms with van der Waals surface area (Å²) in [7, 11) is -3.80. The number of fused-ring (bicyclic) bond motifs is 1. The molecule has 1 aliphatic rings. The van der Waals surface area contributed by atoms with E-state index in [0.29, 0.717) is 24.2 Å². The zero-order valence-corrected chi connectivity index (χ0v) is 14.8. The highest BCUT2D eigenvalue weighted by molar-refractivity contribution is 7.92. The first kappa shape index (κ1) is 17.4. The van der Waals surface area contributed by atoms with E-state index in [0.717, 1.165) is 17.7 Å². The Morgan fingerprint density at radius 2 is 1.92 bits per heavy atom. The number of anilines is 1. The molecule has 3 rings (SSSR count). The lowest BCUT2D eigenvalue weighted by atomic mass is 10.1. The van der Waals surface area contributed by atoms with Gasteiger partial charge < -0.3 is 5.32 Å². The number of carbonyl (C=O) groups is 1. The molecule has 0 spiro atoms. The Bertz CT molecular complexity index is 910. The van der Waals surface area contributed by atoms with Crippen LogP contribution in [-0.2, 0) is 16.4 Å². The largest absolute Gasteiger partial charge is 0.352 e. The van der Waals surface area contributed by atoms with Crippen LogP contribution in [0, 0.1) is 5.82 Å². The van der Waals surface area contributed by atoms with Gasteiger partial charge in [-0.3, -0.25) is 9.10 Å². The van der Waals surface area contributed by atoms with E-state index >= 15 is 0 Å². The Morgan fingerprint density at radius 3 is 2.56 bits per heavy atom. The third-order valence-electron chi connectivity index (χ3n) is 4.20. The van der Waals surface area contributed by atoms with Gasteiger partial charge in [0, 0.05) is 18.2 Å². The van der Waals surface area contributed by atoms with Crippen LogP contribution in [0.15, 0.2) is 47.4 Å². The standard InChI is InChI=1S/C18H19FN2O3S/c1-3-20-18(22)13-4-9-17-14(11-13)10-12(2)21(17)25(23,24)16-7-5-15(19)6-8-16/h4-9,11-12H,3,10H2,1-2H3,(H,20,22)/t12-/m1/s1. The fourth-order valence-corrected chi connectivity index (χ4v) is 4.79. The molecule has 0 saturated carbocycles. The lowest BCUT2D eigenvalue weighted by Crippen LogP contribution is -2.35. The number of benzene rings is 2. The van der Waals surface area contributed by atoms with Crippen LogP contribution in [-0.4, -0.2) is 26.9 Å². The van der Waals surface area contributed by atoms with E-state index in [1.807, 2.05) is 13.8 Å². The Kier molecular flexibility index (Phi) is 4.51. The Balaban J connectivity index is 2.00. The number of amides is 1. The van der Waals surface area contributed by atoms with Gasteiger partial charge in [0.15, 0.2) is 0 Å². The zero-order valence-electron chi connectivity index (χ0n) is 14.0. The third kappa shape index (κ3) is 3.11. The average Bonchev–Trinajstić information content (AvgIpc) is 2.91. The van der Waals surface area contributed by atoms with Crippen molar-refractivity contribution in [3.63, 3.8) is 0 Å². The maximum absolute atomic E-state index is 13.1. The normalized spacial score (nSPS) is 16.6. The molecule has 0 unspecified atom stereocenters. The van der Waals surface area contributed by atoms with Crippen LogP contribution in [0.3, 0.4) is 0 Å². The highest BCUT2D eigenvalue weighted by atomic mass is 32.2. The van der Waals surface area contributed by atoms with Crippen molar-refractivity contribution in [2.45, 2.75) is 31.2 Å². The number of rotatable bonds is 4. The highest BCUT2D eigenvalue weighted by Gasteiger charge is 2.36. The SMILES string of the molecule is CCNC(=O)c1ccc2c(c1)C[C@@H](C)N2S(=O)(=O)c1ccc(F)cc1. The van der Waals surface area contributed by atoms with Crippen LogP contribution in [0.25, 0.3) is 0 Å². The van der Waals surface area contributed by atoms with Crippen molar-refractivity contribution in [1.29, 1.82) is 0 Å².